The monoisotopic (exact) mass is 434 g/mol. The van der Waals surface area contributed by atoms with Crippen molar-refractivity contribution in [3.63, 3.8) is 0 Å². The van der Waals surface area contributed by atoms with Gasteiger partial charge in [-0.3, -0.25) is 9.59 Å². The van der Waals surface area contributed by atoms with E-state index in [1.54, 1.807) is 16.8 Å². The third-order valence-corrected chi connectivity index (χ3v) is 4.40. The van der Waals surface area contributed by atoms with Crippen LogP contribution in [0.3, 0.4) is 0 Å². The Hall–Kier alpha value is -1.92. The summed E-state index contributed by atoms with van der Waals surface area (Å²) in [5.74, 6) is -0.155. The summed E-state index contributed by atoms with van der Waals surface area (Å²) < 4.78 is 3.57. The average molecular weight is 436 g/mol. The molecule has 3 aromatic rings. The fourth-order valence-corrected chi connectivity index (χ4v) is 2.92. The number of rotatable bonds is 3. The molecular weight excluding hydrogens is 424 g/mol. The first-order valence-corrected chi connectivity index (χ1v) is 8.46. The van der Waals surface area contributed by atoms with Crippen LogP contribution in [0.2, 0.25) is 0 Å². The van der Waals surface area contributed by atoms with Crippen LogP contribution in [0.1, 0.15) is 0 Å². The van der Waals surface area contributed by atoms with Gasteiger partial charge in [0.1, 0.15) is 6.54 Å². The van der Waals surface area contributed by atoms with Crippen molar-refractivity contribution in [1.29, 1.82) is 0 Å². The molecule has 23 heavy (non-hydrogen) atoms. The number of hydrogen-bond donors (Lipinski definition) is 1. The van der Waals surface area contributed by atoms with Crippen molar-refractivity contribution in [2.24, 2.45) is 0 Å². The van der Waals surface area contributed by atoms with E-state index < -0.39 is 0 Å². The molecule has 3 rings (SSSR count). The minimum atomic E-state index is -0.155. The van der Waals surface area contributed by atoms with Crippen LogP contribution in [0.5, 0.6) is 0 Å². The van der Waals surface area contributed by atoms with E-state index in [-0.39, 0.29) is 17.9 Å². The summed E-state index contributed by atoms with van der Waals surface area (Å²) >= 11 is 6.75. The standard InChI is InChI=1S/C17H12Br2N2O2/c18-11-1-4-13(5-2-11)20-17(23)10-21-8-7-16(22)14-6-3-12(19)9-15(14)21/h1-9H,10H2,(H,20,23). The normalized spacial score (nSPS) is 10.7. The first-order chi connectivity index (χ1) is 11.0. The van der Waals surface area contributed by atoms with Crippen molar-refractivity contribution < 1.29 is 4.79 Å². The van der Waals surface area contributed by atoms with Gasteiger partial charge in [-0.05, 0) is 42.5 Å². The Balaban J connectivity index is 1.87. The minimum Gasteiger partial charge on any atom is -0.338 e. The largest absolute Gasteiger partial charge is 0.338 e. The molecule has 0 radical (unpaired) electrons. The number of carbonyl (C=O) groups is 1. The molecule has 1 aromatic heterocycles. The molecule has 0 fully saturated rings. The van der Waals surface area contributed by atoms with Gasteiger partial charge in [0.2, 0.25) is 5.91 Å². The highest BCUT2D eigenvalue weighted by Gasteiger charge is 2.08. The van der Waals surface area contributed by atoms with Gasteiger partial charge in [0.15, 0.2) is 5.43 Å². The molecular formula is C17H12Br2N2O2. The second-order valence-electron chi connectivity index (χ2n) is 5.02. The highest BCUT2D eigenvalue weighted by atomic mass is 79.9. The molecule has 116 valence electrons. The Morgan fingerprint density at radius 2 is 1.70 bits per heavy atom. The predicted molar refractivity (Wildman–Crippen MR) is 98.7 cm³/mol. The Morgan fingerprint density at radius 1 is 1.00 bits per heavy atom. The van der Waals surface area contributed by atoms with Crippen LogP contribution in [0, 0.1) is 0 Å². The lowest BCUT2D eigenvalue weighted by atomic mass is 10.2. The maximum absolute atomic E-state index is 12.2. The Morgan fingerprint density at radius 3 is 2.43 bits per heavy atom. The van der Waals surface area contributed by atoms with Crippen LogP contribution in [-0.4, -0.2) is 10.5 Å². The van der Waals surface area contributed by atoms with E-state index in [1.165, 1.54) is 6.07 Å². The summed E-state index contributed by atoms with van der Waals surface area (Å²) in [4.78, 5) is 24.2. The van der Waals surface area contributed by atoms with E-state index in [0.29, 0.717) is 5.39 Å². The van der Waals surface area contributed by atoms with Crippen LogP contribution < -0.4 is 10.7 Å². The van der Waals surface area contributed by atoms with Gasteiger partial charge >= 0.3 is 0 Å². The quantitative estimate of drug-likeness (QED) is 0.671. The molecule has 0 saturated heterocycles. The summed E-state index contributed by atoms with van der Waals surface area (Å²) in [6.07, 6.45) is 1.64. The molecule has 0 atom stereocenters. The van der Waals surface area contributed by atoms with Gasteiger partial charge in [-0.15, -0.1) is 0 Å². The molecule has 0 aliphatic heterocycles. The molecule has 6 heteroatoms. The average Bonchev–Trinajstić information content (AvgIpc) is 2.52. The van der Waals surface area contributed by atoms with Crippen molar-refractivity contribution in [1.82, 2.24) is 4.57 Å². The summed E-state index contributed by atoms with van der Waals surface area (Å²) in [7, 11) is 0. The summed E-state index contributed by atoms with van der Waals surface area (Å²) in [6.45, 7) is 0.128. The zero-order valence-corrected chi connectivity index (χ0v) is 15.1. The van der Waals surface area contributed by atoms with Crippen LogP contribution in [0.4, 0.5) is 5.69 Å². The molecule has 1 N–H and O–H groups in total. The summed E-state index contributed by atoms with van der Waals surface area (Å²) in [5.41, 5.74) is 1.39. The van der Waals surface area contributed by atoms with Crippen LogP contribution >= 0.6 is 31.9 Å². The first kappa shape index (κ1) is 16.0. The Labute approximate surface area is 149 Å². The lowest BCUT2D eigenvalue weighted by molar-refractivity contribution is -0.116. The Bertz CT molecular complexity index is 933. The van der Waals surface area contributed by atoms with Crippen LogP contribution in [-0.2, 0) is 11.3 Å². The molecule has 0 spiro atoms. The van der Waals surface area contributed by atoms with Crippen molar-refractivity contribution in [3.8, 4) is 0 Å². The lowest BCUT2D eigenvalue weighted by Gasteiger charge is -2.11. The van der Waals surface area contributed by atoms with Crippen molar-refractivity contribution >= 4 is 54.4 Å². The van der Waals surface area contributed by atoms with Crippen molar-refractivity contribution in [3.05, 3.63) is 73.9 Å². The van der Waals surface area contributed by atoms with Gasteiger partial charge in [0.25, 0.3) is 0 Å². The molecule has 0 saturated carbocycles. The fourth-order valence-electron chi connectivity index (χ4n) is 2.30. The van der Waals surface area contributed by atoms with E-state index in [4.69, 9.17) is 0 Å². The minimum absolute atomic E-state index is 0.0583. The number of amides is 1. The van der Waals surface area contributed by atoms with Gasteiger partial charge in [-0.1, -0.05) is 31.9 Å². The fraction of sp³-hybridized carbons (Fsp3) is 0.0588. The number of halogens is 2. The molecule has 0 bridgehead atoms. The Kier molecular flexibility index (Phi) is 4.63. The third-order valence-electron chi connectivity index (χ3n) is 3.38. The van der Waals surface area contributed by atoms with E-state index >= 15 is 0 Å². The van der Waals surface area contributed by atoms with Crippen molar-refractivity contribution in [2.45, 2.75) is 6.54 Å². The third kappa shape index (κ3) is 3.71. The zero-order chi connectivity index (χ0) is 16.4. The summed E-state index contributed by atoms with van der Waals surface area (Å²) in [5, 5.41) is 3.43. The SMILES string of the molecule is O=C(Cn1ccc(=O)c2ccc(Br)cc21)Nc1ccc(Br)cc1. The second-order valence-corrected chi connectivity index (χ2v) is 6.86. The number of hydrogen-bond acceptors (Lipinski definition) is 2. The zero-order valence-electron chi connectivity index (χ0n) is 11.9. The number of carbonyl (C=O) groups excluding carboxylic acids is 1. The van der Waals surface area contributed by atoms with E-state index in [2.05, 4.69) is 37.2 Å². The maximum Gasteiger partial charge on any atom is 0.244 e. The molecule has 0 aliphatic carbocycles. The number of aromatic nitrogens is 1. The van der Waals surface area contributed by atoms with Crippen LogP contribution in [0.25, 0.3) is 10.9 Å². The van der Waals surface area contributed by atoms with Gasteiger partial charge in [-0.25, -0.2) is 0 Å². The molecule has 2 aromatic carbocycles. The predicted octanol–water partition coefficient (Wildman–Crippen LogP) is 4.17. The second kappa shape index (κ2) is 6.68. The molecule has 1 amide bonds. The van der Waals surface area contributed by atoms with Gasteiger partial charge in [0.05, 0.1) is 5.52 Å². The van der Waals surface area contributed by atoms with E-state index in [0.717, 1.165) is 20.1 Å². The number of nitrogens with zero attached hydrogens (tertiary/aromatic N) is 1. The number of fused-ring (bicyclic) bond motifs is 1. The number of pyridine rings is 1. The number of anilines is 1. The molecule has 1 heterocycles. The molecule has 0 aliphatic rings. The van der Waals surface area contributed by atoms with E-state index in [9.17, 15) is 9.59 Å². The van der Waals surface area contributed by atoms with Crippen molar-refractivity contribution in [2.75, 3.05) is 5.32 Å². The van der Waals surface area contributed by atoms with Gasteiger partial charge in [-0.2, -0.15) is 0 Å². The van der Waals surface area contributed by atoms with Gasteiger partial charge < -0.3 is 9.88 Å². The first-order valence-electron chi connectivity index (χ1n) is 6.87. The highest BCUT2D eigenvalue weighted by molar-refractivity contribution is 9.10. The molecule has 4 nitrogen and oxygen atoms in total. The smallest absolute Gasteiger partial charge is 0.244 e. The molecule has 0 unspecified atom stereocenters. The summed E-state index contributed by atoms with van der Waals surface area (Å²) in [6, 6.07) is 14.3. The van der Waals surface area contributed by atoms with Gasteiger partial charge in [0, 0.05) is 32.3 Å². The highest BCUT2D eigenvalue weighted by Crippen LogP contribution is 2.18. The number of benzene rings is 2. The number of nitrogens with one attached hydrogen (secondary N) is 1. The lowest BCUT2D eigenvalue weighted by Crippen LogP contribution is -2.20. The van der Waals surface area contributed by atoms with E-state index in [1.807, 2.05) is 36.4 Å². The maximum atomic E-state index is 12.2. The topological polar surface area (TPSA) is 51.1 Å². The van der Waals surface area contributed by atoms with Crippen LogP contribution in [0.15, 0.2) is 68.5 Å².